The van der Waals surface area contributed by atoms with Crippen molar-refractivity contribution in [3.63, 3.8) is 0 Å². The van der Waals surface area contributed by atoms with Gasteiger partial charge in [-0.15, -0.1) is 0 Å². The lowest BCUT2D eigenvalue weighted by Gasteiger charge is -2.10. The van der Waals surface area contributed by atoms with Gasteiger partial charge in [0.15, 0.2) is 0 Å². The van der Waals surface area contributed by atoms with Gasteiger partial charge in [-0.05, 0) is 24.0 Å². The van der Waals surface area contributed by atoms with Crippen LogP contribution < -0.4 is 5.73 Å². The number of benzene rings is 1. The van der Waals surface area contributed by atoms with E-state index in [1.165, 1.54) is 7.11 Å². The standard InChI is InChI=1S/C12H17NO3/c1-16-12(15)11(13)10-6-4-9(5-7-10)3-2-8-14/h4-7,11,14H,2-3,8,13H2,1H3/t11-/m0/s1. The molecule has 88 valence electrons. The molecule has 0 saturated carbocycles. The summed E-state index contributed by atoms with van der Waals surface area (Å²) in [5, 5.41) is 8.69. The Kier molecular flexibility index (Phi) is 4.95. The zero-order valence-corrected chi connectivity index (χ0v) is 9.35. The van der Waals surface area contributed by atoms with E-state index >= 15 is 0 Å². The summed E-state index contributed by atoms with van der Waals surface area (Å²) in [5.74, 6) is -0.442. The first kappa shape index (κ1) is 12.7. The first-order valence-corrected chi connectivity index (χ1v) is 5.22. The normalized spacial score (nSPS) is 12.2. The summed E-state index contributed by atoms with van der Waals surface area (Å²) in [6, 6.07) is 6.72. The molecule has 0 amide bonds. The van der Waals surface area contributed by atoms with Crippen molar-refractivity contribution >= 4 is 5.97 Å². The van der Waals surface area contributed by atoms with E-state index in [1.807, 2.05) is 24.3 Å². The number of hydrogen-bond donors (Lipinski definition) is 2. The first-order valence-electron chi connectivity index (χ1n) is 5.22. The van der Waals surface area contributed by atoms with Crippen LogP contribution in [0, 0.1) is 0 Å². The summed E-state index contributed by atoms with van der Waals surface area (Å²) >= 11 is 0. The molecule has 0 unspecified atom stereocenters. The molecule has 16 heavy (non-hydrogen) atoms. The van der Waals surface area contributed by atoms with Crippen molar-refractivity contribution in [1.29, 1.82) is 0 Å². The molecular weight excluding hydrogens is 206 g/mol. The Hall–Kier alpha value is -1.39. The molecule has 0 heterocycles. The molecule has 0 aliphatic rings. The van der Waals surface area contributed by atoms with Crippen LogP contribution in [0.3, 0.4) is 0 Å². The number of aryl methyl sites for hydroxylation is 1. The van der Waals surface area contributed by atoms with Crippen LogP contribution in [0.1, 0.15) is 23.6 Å². The van der Waals surface area contributed by atoms with Gasteiger partial charge in [-0.2, -0.15) is 0 Å². The van der Waals surface area contributed by atoms with Crippen LogP contribution in [0.25, 0.3) is 0 Å². The van der Waals surface area contributed by atoms with E-state index < -0.39 is 12.0 Å². The van der Waals surface area contributed by atoms with Gasteiger partial charge in [0.2, 0.25) is 0 Å². The Morgan fingerprint density at radius 1 is 1.44 bits per heavy atom. The van der Waals surface area contributed by atoms with Gasteiger partial charge in [0.25, 0.3) is 0 Å². The summed E-state index contributed by atoms with van der Waals surface area (Å²) in [6.07, 6.45) is 1.56. The average Bonchev–Trinajstić information content (AvgIpc) is 2.35. The van der Waals surface area contributed by atoms with Crippen LogP contribution in [-0.4, -0.2) is 24.8 Å². The Morgan fingerprint density at radius 2 is 2.06 bits per heavy atom. The summed E-state index contributed by atoms with van der Waals surface area (Å²) in [4.78, 5) is 11.2. The predicted octanol–water partition coefficient (Wildman–Crippen LogP) is 0.784. The third kappa shape index (κ3) is 3.32. The van der Waals surface area contributed by atoms with Crippen molar-refractivity contribution in [1.82, 2.24) is 0 Å². The molecule has 0 saturated heterocycles. The van der Waals surface area contributed by atoms with Crippen LogP contribution in [0.2, 0.25) is 0 Å². The highest BCUT2D eigenvalue weighted by Gasteiger charge is 2.15. The largest absolute Gasteiger partial charge is 0.468 e. The maximum atomic E-state index is 11.2. The van der Waals surface area contributed by atoms with E-state index in [4.69, 9.17) is 10.8 Å². The second kappa shape index (κ2) is 6.25. The zero-order chi connectivity index (χ0) is 12.0. The number of carbonyl (C=O) groups is 1. The molecule has 1 aromatic carbocycles. The van der Waals surface area contributed by atoms with Crippen molar-refractivity contribution in [3.8, 4) is 0 Å². The maximum Gasteiger partial charge on any atom is 0.327 e. The Labute approximate surface area is 95.0 Å². The van der Waals surface area contributed by atoms with Gasteiger partial charge < -0.3 is 15.6 Å². The molecule has 0 aromatic heterocycles. The Balaban J connectivity index is 2.67. The minimum Gasteiger partial charge on any atom is -0.468 e. The smallest absolute Gasteiger partial charge is 0.327 e. The van der Waals surface area contributed by atoms with Crippen molar-refractivity contribution in [3.05, 3.63) is 35.4 Å². The monoisotopic (exact) mass is 223 g/mol. The fourth-order valence-corrected chi connectivity index (χ4v) is 1.44. The number of aliphatic hydroxyl groups is 1. The summed E-state index contributed by atoms with van der Waals surface area (Å²) in [7, 11) is 1.32. The fraction of sp³-hybridized carbons (Fsp3) is 0.417. The van der Waals surface area contributed by atoms with E-state index in [9.17, 15) is 4.79 Å². The zero-order valence-electron chi connectivity index (χ0n) is 9.35. The maximum absolute atomic E-state index is 11.2. The van der Waals surface area contributed by atoms with E-state index in [-0.39, 0.29) is 6.61 Å². The molecule has 0 fully saturated rings. The third-order valence-corrected chi connectivity index (χ3v) is 2.42. The minimum atomic E-state index is -0.725. The number of nitrogens with two attached hydrogens (primary N) is 1. The van der Waals surface area contributed by atoms with Crippen molar-refractivity contribution in [2.24, 2.45) is 5.73 Å². The highest BCUT2D eigenvalue weighted by Crippen LogP contribution is 2.13. The molecule has 0 aliphatic heterocycles. The number of aliphatic hydroxyl groups excluding tert-OH is 1. The van der Waals surface area contributed by atoms with E-state index in [0.717, 1.165) is 24.0 Å². The topological polar surface area (TPSA) is 72.5 Å². The van der Waals surface area contributed by atoms with Gasteiger partial charge in [-0.3, -0.25) is 4.79 Å². The number of rotatable bonds is 5. The molecular formula is C12H17NO3. The lowest BCUT2D eigenvalue weighted by Crippen LogP contribution is -2.22. The molecule has 0 radical (unpaired) electrons. The predicted molar refractivity (Wildman–Crippen MR) is 60.8 cm³/mol. The van der Waals surface area contributed by atoms with Gasteiger partial charge in [0.1, 0.15) is 6.04 Å². The summed E-state index contributed by atoms with van der Waals surface area (Å²) < 4.78 is 4.56. The number of methoxy groups -OCH3 is 1. The van der Waals surface area contributed by atoms with Crippen molar-refractivity contribution in [2.75, 3.05) is 13.7 Å². The average molecular weight is 223 g/mol. The first-order chi connectivity index (χ1) is 7.69. The minimum absolute atomic E-state index is 0.184. The van der Waals surface area contributed by atoms with Gasteiger partial charge in [-0.25, -0.2) is 0 Å². The van der Waals surface area contributed by atoms with Gasteiger partial charge in [0, 0.05) is 6.61 Å². The van der Waals surface area contributed by atoms with Crippen LogP contribution in [-0.2, 0) is 16.0 Å². The molecule has 3 N–H and O–H groups in total. The molecule has 4 nitrogen and oxygen atoms in total. The number of carbonyl (C=O) groups excluding carboxylic acids is 1. The molecule has 1 aromatic rings. The Bertz CT molecular complexity index is 335. The highest BCUT2D eigenvalue weighted by molar-refractivity contribution is 5.77. The van der Waals surface area contributed by atoms with E-state index in [1.54, 1.807) is 0 Å². The molecule has 0 bridgehead atoms. The van der Waals surface area contributed by atoms with Gasteiger partial charge in [-0.1, -0.05) is 24.3 Å². The summed E-state index contributed by atoms with van der Waals surface area (Å²) in [5.41, 5.74) is 7.54. The van der Waals surface area contributed by atoms with Gasteiger partial charge >= 0.3 is 5.97 Å². The van der Waals surface area contributed by atoms with Crippen LogP contribution in [0.5, 0.6) is 0 Å². The quantitative estimate of drug-likeness (QED) is 0.724. The lowest BCUT2D eigenvalue weighted by molar-refractivity contribution is -0.142. The molecule has 1 atom stereocenters. The fourth-order valence-electron chi connectivity index (χ4n) is 1.44. The number of ether oxygens (including phenoxy) is 1. The van der Waals surface area contributed by atoms with Crippen molar-refractivity contribution < 1.29 is 14.6 Å². The van der Waals surface area contributed by atoms with Crippen LogP contribution >= 0.6 is 0 Å². The second-order valence-electron chi connectivity index (χ2n) is 3.57. The summed E-state index contributed by atoms with van der Waals surface area (Å²) in [6.45, 7) is 0.184. The molecule has 0 aliphatic carbocycles. The van der Waals surface area contributed by atoms with Gasteiger partial charge in [0.05, 0.1) is 7.11 Å². The lowest BCUT2D eigenvalue weighted by atomic mass is 10.0. The van der Waals surface area contributed by atoms with Crippen LogP contribution in [0.4, 0.5) is 0 Å². The number of hydrogen-bond acceptors (Lipinski definition) is 4. The molecule has 4 heteroatoms. The SMILES string of the molecule is COC(=O)[C@@H](N)c1ccc(CCCO)cc1. The highest BCUT2D eigenvalue weighted by atomic mass is 16.5. The van der Waals surface area contributed by atoms with Crippen LogP contribution in [0.15, 0.2) is 24.3 Å². The molecule has 1 rings (SSSR count). The Morgan fingerprint density at radius 3 is 2.56 bits per heavy atom. The second-order valence-corrected chi connectivity index (χ2v) is 3.57. The van der Waals surface area contributed by atoms with E-state index in [2.05, 4.69) is 4.74 Å². The molecule has 0 spiro atoms. The van der Waals surface area contributed by atoms with E-state index in [0.29, 0.717) is 0 Å². The third-order valence-electron chi connectivity index (χ3n) is 2.42. The number of esters is 1. The van der Waals surface area contributed by atoms with Crippen molar-refractivity contribution in [2.45, 2.75) is 18.9 Å².